The van der Waals surface area contributed by atoms with Crippen molar-refractivity contribution in [1.82, 2.24) is 9.29 Å². The fourth-order valence-corrected chi connectivity index (χ4v) is 6.58. The Bertz CT molecular complexity index is 1640. The summed E-state index contributed by atoms with van der Waals surface area (Å²) in [5.74, 6) is -1.62. The van der Waals surface area contributed by atoms with Crippen LogP contribution in [0.25, 0.3) is 0 Å². The number of aliphatic imine (C=N–C) groups is 1. The minimum atomic E-state index is -4.18. The smallest absolute Gasteiger partial charge is 0.243 e. The molecule has 39 heavy (non-hydrogen) atoms. The Balaban J connectivity index is 1.61. The highest BCUT2D eigenvalue weighted by Gasteiger charge is 2.51. The lowest BCUT2D eigenvalue weighted by atomic mass is 9.64. The predicted octanol–water partition coefficient (Wildman–Crippen LogP) is 5.22. The number of ketones is 1. The zero-order valence-electron chi connectivity index (χ0n) is 20.5. The molecular formula is C28H23ClF2N4O3S. The van der Waals surface area contributed by atoms with Gasteiger partial charge >= 0.3 is 0 Å². The monoisotopic (exact) mass is 568 g/mol. The Labute approximate surface area is 229 Å². The molecule has 2 heterocycles. The van der Waals surface area contributed by atoms with Crippen molar-refractivity contribution >= 4 is 38.8 Å². The van der Waals surface area contributed by atoms with Gasteiger partial charge in [-0.1, -0.05) is 23.2 Å². The molecule has 1 fully saturated rings. The molecule has 0 saturated carbocycles. The average molecular weight is 569 g/mol. The number of halogens is 3. The number of hydrogen-bond acceptors (Lipinski definition) is 6. The van der Waals surface area contributed by atoms with E-state index in [1.54, 1.807) is 24.3 Å². The molecule has 1 unspecified atom stereocenters. The van der Waals surface area contributed by atoms with Crippen LogP contribution in [0.15, 0.2) is 100 Å². The highest BCUT2D eigenvalue weighted by atomic mass is 35.5. The first-order valence-electron chi connectivity index (χ1n) is 12.0. The molecule has 1 aliphatic heterocycles. The molecule has 3 aromatic rings. The van der Waals surface area contributed by atoms with E-state index in [4.69, 9.17) is 17.3 Å². The molecule has 11 heteroatoms. The number of fused-ring (bicyclic) bond motifs is 1. The lowest BCUT2D eigenvalue weighted by Gasteiger charge is -2.45. The van der Waals surface area contributed by atoms with E-state index in [1.165, 1.54) is 53.1 Å². The summed E-state index contributed by atoms with van der Waals surface area (Å²) in [6.07, 6.45) is 4.86. The number of carbonyl (C=O) groups is 1. The van der Waals surface area contributed by atoms with Crippen LogP contribution < -0.4 is 5.73 Å². The molecule has 0 radical (unpaired) electrons. The maximum atomic E-state index is 14.2. The van der Waals surface area contributed by atoms with Gasteiger partial charge in [0.2, 0.25) is 10.0 Å². The summed E-state index contributed by atoms with van der Waals surface area (Å²) in [6.45, 7) is -0.150. The van der Waals surface area contributed by atoms with Gasteiger partial charge in [0.1, 0.15) is 17.3 Å². The van der Waals surface area contributed by atoms with Crippen molar-refractivity contribution in [3.8, 4) is 0 Å². The van der Waals surface area contributed by atoms with Crippen LogP contribution in [0.2, 0.25) is 5.02 Å². The van der Waals surface area contributed by atoms with Gasteiger partial charge in [-0.3, -0.25) is 9.78 Å². The number of benzene rings is 2. The molecule has 2 N–H and O–H groups in total. The van der Waals surface area contributed by atoms with Gasteiger partial charge in [-0.2, -0.15) is 4.31 Å². The molecule has 1 saturated heterocycles. The van der Waals surface area contributed by atoms with Gasteiger partial charge < -0.3 is 5.73 Å². The molecule has 1 atom stereocenters. The van der Waals surface area contributed by atoms with Gasteiger partial charge in [0, 0.05) is 19.3 Å². The van der Waals surface area contributed by atoms with Crippen LogP contribution in [0, 0.1) is 17.0 Å². The quantitative estimate of drug-likeness (QED) is 0.425. The highest BCUT2D eigenvalue weighted by Crippen LogP contribution is 2.47. The lowest BCUT2D eigenvalue weighted by Crippen LogP contribution is -2.53. The van der Waals surface area contributed by atoms with E-state index in [-0.39, 0.29) is 47.3 Å². The van der Waals surface area contributed by atoms with Gasteiger partial charge in [0.05, 0.1) is 26.7 Å². The minimum absolute atomic E-state index is 0.0567. The third-order valence-corrected chi connectivity index (χ3v) is 9.11. The second-order valence-electron chi connectivity index (χ2n) is 9.30. The molecule has 0 amide bonds. The molecule has 0 bridgehead atoms. The number of pyridine rings is 1. The van der Waals surface area contributed by atoms with Crippen LogP contribution in [0.4, 0.5) is 14.5 Å². The van der Waals surface area contributed by atoms with E-state index < -0.39 is 27.1 Å². The van der Waals surface area contributed by atoms with Gasteiger partial charge in [-0.25, -0.2) is 22.2 Å². The van der Waals surface area contributed by atoms with E-state index in [0.29, 0.717) is 22.5 Å². The van der Waals surface area contributed by atoms with Crippen LogP contribution >= 0.6 is 11.6 Å². The molecule has 5 rings (SSSR count). The van der Waals surface area contributed by atoms with Crippen molar-refractivity contribution in [2.45, 2.75) is 17.7 Å². The number of nitrogens with zero attached hydrogens (tertiary/aromatic N) is 3. The molecule has 1 aromatic heterocycles. The summed E-state index contributed by atoms with van der Waals surface area (Å²) in [5, 5.41) is -0.197. The van der Waals surface area contributed by atoms with Crippen LogP contribution in [0.3, 0.4) is 0 Å². The fraction of sp³-hybridized carbons (Fsp3) is 0.179. The summed E-state index contributed by atoms with van der Waals surface area (Å²) in [4.78, 5) is 22.7. The van der Waals surface area contributed by atoms with Gasteiger partial charge in [-0.05, 0) is 85.3 Å². The Morgan fingerprint density at radius 1 is 1.13 bits per heavy atom. The number of aromatic nitrogens is 1. The van der Waals surface area contributed by atoms with Crippen molar-refractivity contribution < 1.29 is 22.0 Å². The molecule has 200 valence electrons. The second-order valence-corrected chi connectivity index (χ2v) is 11.6. The molecule has 2 aliphatic rings. The van der Waals surface area contributed by atoms with E-state index in [1.807, 2.05) is 0 Å². The Morgan fingerprint density at radius 3 is 2.56 bits per heavy atom. The standard InChI is InChI=1S/C28H23ClF2N4O3S/c29-23-9-8-22(14-24(23)31)39(37,38)35-12-10-19-13-26(34-21-6-4-20(30)5-7-21)18(16-32)15-28(19,17-35)27(36)25-3-1-2-11-33-25/h1-9,11,13-14,16H,10,12,15,17,32H2. The van der Waals surface area contributed by atoms with Crippen molar-refractivity contribution in [1.29, 1.82) is 0 Å². The first kappa shape index (κ1) is 26.9. The summed E-state index contributed by atoms with van der Waals surface area (Å²) in [6, 6.07) is 13.8. The van der Waals surface area contributed by atoms with Crippen LogP contribution in [0.5, 0.6) is 0 Å². The van der Waals surface area contributed by atoms with Crippen molar-refractivity contribution in [2.75, 3.05) is 13.1 Å². The van der Waals surface area contributed by atoms with E-state index in [9.17, 15) is 22.0 Å². The maximum Gasteiger partial charge on any atom is 0.243 e. The molecule has 1 aliphatic carbocycles. The van der Waals surface area contributed by atoms with Crippen molar-refractivity contribution in [3.63, 3.8) is 0 Å². The summed E-state index contributed by atoms with van der Waals surface area (Å²) >= 11 is 5.76. The molecule has 2 aromatic carbocycles. The average Bonchev–Trinajstić information content (AvgIpc) is 2.95. The highest BCUT2D eigenvalue weighted by molar-refractivity contribution is 7.89. The number of hydrogen-bond donors (Lipinski definition) is 1. The normalized spacial score (nSPS) is 22.0. The van der Waals surface area contributed by atoms with Crippen molar-refractivity contribution in [2.24, 2.45) is 16.1 Å². The number of Topliss-reactive ketones (excluding diaryl/α,β-unsaturated/α-hetero) is 1. The molecule has 7 nitrogen and oxygen atoms in total. The zero-order valence-corrected chi connectivity index (χ0v) is 22.1. The van der Waals surface area contributed by atoms with E-state index in [2.05, 4.69) is 9.98 Å². The number of nitrogens with two attached hydrogens (primary N) is 1. The van der Waals surface area contributed by atoms with Crippen molar-refractivity contribution in [3.05, 3.63) is 113 Å². The van der Waals surface area contributed by atoms with Crippen LogP contribution in [-0.2, 0) is 10.0 Å². The Kier molecular flexibility index (Phi) is 7.19. The number of allylic oxidation sites excluding steroid dienone is 2. The molecular weight excluding hydrogens is 546 g/mol. The Hall–Kier alpha value is -3.73. The summed E-state index contributed by atoms with van der Waals surface area (Å²) in [5.41, 5.74) is 7.04. The van der Waals surface area contributed by atoms with E-state index in [0.717, 1.165) is 6.07 Å². The SMILES string of the molecule is NC=C1CC2(C(=O)c3ccccn3)CN(S(=O)(=O)c3ccc(Cl)c(F)c3)CCC2=CC1=Nc1ccc(F)cc1. The predicted molar refractivity (Wildman–Crippen MR) is 144 cm³/mol. The number of rotatable bonds is 5. The Morgan fingerprint density at radius 2 is 1.90 bits per heavy atom. The number of piperidine rings is 1. The van der Waals surface area contributed by atoms with Gasteiger partial charge in [0.15, 0.2) is 5.78 Å². The van der Waals surface area contributed by atoms with Crippen LogP contribution in [-0.4, -0.2) is 42.3 Å². The fourth-order valence-electron chi connectivity index (χ4n) is 4.95. The zero-order chi connectivity index (χ0) is 27.8. The van der Waals surface area contributed by atoms with E-state index >= 15 is 0 Å². The largest absolute Gasteiger partial charge is 0.404 e. The maximum absolute atomic E-state index is 14.2. The van der Waals surface area contributed by atoms with Gasteiger partial charge in [-0.15, -0.1) is 0 Å². The number of carbonyl (C=O) groups excluding carboxylic acids is 1. The summed E-state index contributed by atoms with van der Waals surface area (Å²) < 4.78 is 55.9. The lowest BCUT2D eigenvalue weighted by molar-refractivity contribution is 0.0770. The number of sulfonamides is 1. The third kappa shape index (κ3) is 5.03. The first-order valence-corrected chi connectivity index (χ1v) is 13.8. The minimum Gasteiger partial charge on any atom is -0.404 e. The van der Waals surface area contributed by atoms with Crippen LogP contribution in [0.1, 0.15) is 23.3 Å². The molecule has 0 spiro atoms. The topological polar surface area (TPSA) is 106 Å². The second kappa shape index (κ2) is 10.4. The first-order chi connectivity index (χ1) is 18.6. The summed E-state index contributed by atoms with van der Waals surface area (Å²) in [7, 11) is -4.18. The third-order valence-electron chi connectivity index (χ3n) is 6.96. The van der Waals surface area contributed by atoms with Gasteiger partial charge in [0.25, 0.3) is 0 Å².